The van der Waals surface area contributed by atoms with Gasteiger partial charge in [-0.1, -0.05) is 6.07 Å². The van der Waals surface area contributed by atoms with Crippen molar-refractivity contribution in [2.24, 2.45) is 0 Å². The number of hydrogen-bond donors (Lipinski definition) is 1. The van der Waals surface area contributed by atoms with Crippen LogP contribution >= 0.6 is 11.8 Å². The molecular weight excluding hydrogens is 314 g/mol. The van der Waals surface area contributed by atoms with Crippen LogP contribution in [0.25, 0.3) is 0 Å². The van der Waals surface area contributed by atoms with E-state index in [1.807, 2.05) is 0 Å². The van der Waals surface area contributed by atoms with E-state index < -0.39 is 41.0 Å². The molecule has 0 aliphatic carbocycles. The number of alkyl halides is 3. The van der Waals surface area contributed by atoms with Crippen molar-refractivity contribution in [1.82, 2.24) is 4.90 Å². The van der Waals surface area contributed by atoms with Crippen LogP contribution in [-0.2, 0) is 11.0 Å². The summed E-state index contributed by atoms with van der Waals surface area (Å²) in [6.45, 7) is 0. The van der Waals surface area contributed by atoms with Crippen LogP contribution in [0.1, 0.15) is 15.9 Å². The largest absolute Gasteiger partial charge is 0.480 e. The number of aliphatic carboxylic acids is 1. The Bertz CT molecular complexity index is 590. The highest BCUT2D eigenvalue weighted by Crippen LogP contribution is 2.33. The van der Waals surface area contributed by atoms with Crippen LogP contribution in [0.5, 0.6) is 0 Å². The summed E-state index contributed by atoms with van der Waals surface area (Å²) in [7, 11) is 0. The summed E-state index contributed by atoms with van der Waals surface area (Å²) in [4.78, 5) is 23.9. The minimum Gasteiger partial charge on any atom is -0.480 e. The fourth-order valence-electron chi connectivity index (χ4n) is 1.92. The molecule has 4 nitrogen and oxygen atoms in total. The van der Waals surface area contributed by atoms with Gasteiger partial charge in [-0.2, -0.15) is 13.2 Å². The van der Waals surface area contributed by atoms with Gasteiger partial charge in [0.1, 0.15) is 11.9 Å². The lowest BCUT2D eigenvalue weighted by atomic mass is 10.1. The third-order valence-corrected chi connectivity index (χ3v) is 3.97. The van der Waals surface area contributed by atoms with Crippen molar-refractivity contribution in [3.8, 4) is 0 Å². The maximum absolute atomic E-state index is 13.9. The summed E-state index contributed by atoms with van der Waals surface area (Å²) in [5.74, 6) is -3.92. The number of carboxylic acids is 1. The quantitative estimate of drug-likeness (QED) is 0.850. The Hall–Kier alpha value is -1.77. The van der Waals surface area contributed by atoms with E-state index in [0.717, 1.165) is 28.8 Å². The highest BCUT2D eigenvalue weighted by molar-refractivity contribution is 7.99. The van der Waals surface area contributed by atoms with E-state index in [-0.39, 0.29) is 11.6 Å². The molecule has 1 aliphatic rings. The van der Waals surface area contributed by atoms with Crippen molar-refractivity contribution in [2.45, 2.75) is 12.2 Å². The fourth-order valence-corrected chi connectivity index (χ4v) is 3.06. The first-order valence-corrected chi connectivity index (χ1v) is 6.86. The molecule has 0 radical (unpaired) electrons. The number of carbonyl (C=O) groups excluding carboxylic acids is 1. The zero-order valence-corrected chi connectivity index (χ0v) is 11.2. The van der Waals surface area contributed by atoms with Gasteiger partial charge in [0.15, 0.2) is 0 Å². The van der Waals surface area contributed by atoms with Gasteiger partial charge < -0.3 is 10.0 Å². The van der Waals surface area contributed by atoms with Crippen LogP contribution in [0, 0.1) is 5.82 Å². The topological polar surface area (TPSA) is 57.6 Å². The molecule has 114 valence electrons. The van der Waals surface area contributed by atoms with Crippen molar-refractivity contribution in [2.75, 3.05) is 11.6 Å². The fraction of sp³-hybridized carbons (Fsp3) is 0.333. The predicted molar refractivity (Wildman–Crippen MR) is 66.3 cm³/mol. The van der Waals surface area contributed by atoms with E-state index in [1.165, 1.54) is 0 Å². The molecule has 1 aliphatic heterocycles. The van der Waals surface area contributed by atoms with Gasteiger partial charge in [0.05, 0.1) is 17.0 Å². The summed E-state index contributed by atoms with van der Waals surface area (Å²) in [6, 6.07) is 1.18. The van der Waals surface area contributed by atoms with E-state index in [2.05, 4.69) is 0 Å². The first-order chi connectivity index (χ1) is 9.73. The Labute approximate surface area is 120 Å². The van der Waals surface area contributed by atoms with Crippen LogP contribution in [0.2, 0.25) is 0 Å². The Morgan fingerprint density at radius 3 is 2.57 bits per heavy atom. The third kappa shape index (κ3) is 2.97. The van der Waals surface area contributed by atoms with Gasteiger partial charge in [-0.3, -0.25) is 4.79 Å². The maximum atomic E-state index is 13.9. The number of amides is 1. The SMILES string of the molecule is O=C(O)C1CSCN1C(=O)c1cccc(C(F)(F)F)c1F. The van der Waals surface area contributed by atoms with Gasteiger partial charge in [0.25, 0.3) is 5.91 Å². The molecule has 21 heavy (non-hydrogen) atoms. The minimum absolute atomic E-state index is 0.00845. The van der Waals surface area contributed by atoms with Crippen molar-refractivity contribution in [3.63, 3.8) is 0 Å². The number of carboxylic acid groups (broad SMARTS) is 1. The van der Waals surface area contributed by atoms with Crippen molar-refractivity contribution in [3.05, 3.63) is 35.1 Å². The van der Waals surface area contributed by atoms with Gasteiger partial charge in [-0.05, 0) is 12.1 Å². The van der Waals surface area contributed by atoms with Gasteiger partial charge in [0, 0.05) is 5.75 Å². The lowest BCUT2D eigenvalue weighted by Gasteiger charge is -2.21. The third-order valence-electron chi connectivity index (χ3n) is 2.96. The number of benzene rings is 1. The normalized spacial score (nSPS) is 18.9. The van der Waals surface area contributed by atoms with Crippen molar-refractivity contribution < 1.29 is 32.3 Å². The molecule has 1 aromatic carbocycles. The molecule has 1 fully saturated rings. The highest BCUT2D eigenvalue weighted by atomic mass is 32.2. The standard InChI is InChI=1S/C12H9F4NO3S/c13-9-6(2-1-3-7(9)12(14,15)16)10(18)17-5-21-4-8(17)11(19)20/h1-3,8H,4-5H2,(H,19,20). The molecule has 1 atom stereocenters. The Morgan fingerprint density at radius 1 is 1.33 bits per heavy atom. The highest BCUT2D eigenvalue weighted by Gasteiger charge is 2.39. The number of rotatable bonds is 2. The van der Waals surface area contributed by atoms with Crippen molar-refractivity contribution in [1.29, 1.82) is 0 Å². The summed E-state index contributed by atoms with van der Waals surface area (Å²) in [5.41, 5.74) is -2.33. The molecular formula is C12H9F4NO3S. The van der Waals surface area contributed by atoms with Crippen molar-refractivity contribution >= 4 is 23.6 Å². The zero-order chi connectivity index (χ0) is 15.8. The molecule has 1 heterocycles. The van der Waals surface area contributed by atoms with E-state index >= 15 is 0 Å². The number of hydrogen-bond acceptors (Lipinski definition) is 3. The first-order valence-electron chi connectivity index (χ1n) is 5.70. The average molecular weight is 323 g/mol. The molecule has 1 aromatic rings. The molecule has 0 spiro atoms. The molecule has 0 bridgehead atoms. The van der Waals surface area contributed by atoms with Crippen LogP contribution in [0.3, 0.4) is 0 Å². The zero-order valence-electron chi connectivity index (χ0n) is 10.4. The van der Waals surface area contributed by atoms with Crippen LogP contribution in [-0.4, -0.2) is 39.6 Å². The van der Waals surface area contributed by atoms with Crippen LogP contribution in [0.4, 0.5) is 17.6 Å². The second kappa shape index (κ2) is 5.55. The molecule has 1 N–H and O–H groups in total. The summed E-state index contributed by atoms with van der Waals surface area (Å²) in [5, 5.41) is 8.95. The lowest BCUT2D eigenvalue weighted by molar-refractivity contribution is -0.141. The monoisotopic (exact) mass is 323 g/mol. The van der Waals surface area contributed by atoms with E-state index in [1.54, 1.807) is 0 Å². The summed E-state index contributed by atoms with van der Waals surface area (Å²) < 4.78 is 51.7. The van der Waals surface area contributed by atoms with Crippen LogP contribution < -0.4 is 0 Å². The number of carbonyl (C=O) groups is 2. The number of thioether (sulfide) groups is 1. The first kappa shape index (κ1) is 15.6. The molecule has 1 saturated heterocycles. The van der Waals surface area contributed by atoms with Gasteiger partial charge in [-0.25, -0.2) is 9.18 Å². The number of halogens is 4. The summed E-state index contributed by atoms with van der Waals surface area (Å²) in [6.07, 6.45) is -4.92. The maximum Gasteiger partial charge on any atom is 0.419 e. The molecule has 0 saturated carbocycles. The van der Waals surface area contributed by atoms with E-state index in [4.69, 9.17) is 5.11 Å². The van der Waals surface area contributed by atoms with E-state index in [0.29, 0.717) is 6.07 Å². The smallest absolute Gasteiger partial charge is 0.419 e. The molecule has 2 rings (SSSR count). The second-order valence-electron chi connectivity index (χ2n) is 4.29. The number of nitrogens with zero attached hydrogens (tertiary/aromatic N) is 1. The molecule has 1 amide bonds. The average Bonchev–Trinajstić information content (AvgIpc) is 2.86. The van der Waals surface area contributed by atoms with Gasteiger partial charge >= 0.3 is 12.1 Å². The van der Waals surface area contributed by atoms with Crippen LogP contribution in [0.15, 0.2) is 18.2 Å². The second-order valence-corrected chi connectivity index (χ2v) is 5.29. The van der Waals surface area contributed by atoms with Gasteiger partial charge in [0.2, 0.25) is 0 Å². The lowest BCUT2D eigenvalue weighted by Crippen LogP contribution is -2.42. The predicted octanol–water partition coefficient (Wildman–Crippen LogP) is 2.44. The van der Waals surface area contributed by atoms with Gasteiger partial charge in [-0.15, -0.1) is 11.8 Å². The molecule has 0 aromatic heterocycles. The molecule has 1 unspecified atom stereocenters. The Morgan fingerprint density at radius 2 is 2.00 bits per heavy atom. The van der Waals surface area contributed by atoms with E-state index in [9.17, 15) is 27.2 Å². The minimum atomic E-state index is -4.92. The Balaban J connectivity index is 2.38. The Kier molecular flexibility index (Phi) is 4.13. The molecule has 9 heteroatoms. The summed E-state index contributed by atoms with van der Waals surface area (Å²) >= 11 is 1.14.